The highest BCUT2D eigenvalue weighted by molar-refractivity contribution is 5.72. The minimum atomic E-state index is -0.941. The van der Waals surface area contributed by atoms with Crippen LogP contribution in [0.1, 0.15) is 27.7 Å². The smallest absolute Gasteiger partial charge is 0.410 e. The Labute approximate surface area is 94.9 Å². The predicted molar refractivity (Wildman–Crippen MR) is 56.6 cm³/mol. The molecule has 0 saturated carbocycles. The molecule has 0 aliphatic carbocycles. The lowest BCUT2D eigenvalue weighted by atomic mass is 10.2. The molecule has 16 heavy (non-hydrogen) atoms. The van der Waals surface area contributed by atoms with Crippen LogP contribution in [0.2, 0.25) is 0 Å². The van der Waals surface area contributed by atoms with E-state index in [4.69, 9.17) is 14.6 Å². The first kappa shape index (κ1) is 14.7. The van der Waals surface area contributed by atoms with Gasteiger partial charge in [0, 0.05) is 13.5 Å². The summed E-state index contributed by atoms with van der Waals surface area (Å²) >= 11 is 0. The highest BCUT2D eigenvalue weighted by Crippen LogP contribution is 2.01. The Morgan fingerprint density at radius 1 is 1.19 bits per heavy atom. The lowest BCUT2D eigenvalue weighted by Crippen LogP contribution is -2.34. The molecule has 0 bridgehead atoms. The Balaban J connectivity index is 3.82. The van der Waals surface area contributed by atoms with Gasteiger partial charge in [-0.3, -0.25) is 4.79 Å². The monoisotopic (exact) mass is 233 g/mol. The number of hydrogen-bond donors (Lipinski definition) is 2. The van der Waals surface area contributed by atoms with E-state index in [9.17, 15) is 9.59 Å². The maximum Gasteiger partial charge on any atom is 0.410 e. The topological polar surface area (TPSA) is 84.9 Å². The fourth-order valence-electron chi connectivity index (χ4n) is 0.747. The van der Waals surface area contributed by atoms with Gasteiger partial charge >= 0.3 is 12.1 Å². The van der Waals surface area contributed by atoms with Gasteiger partial charge in [-0.05, 0) is 6.92 Å². The van der Waals surface area contributed by atoms with E-state index in [0.717, 1.165) is 0 Å². The fraction of sp³-hybridized carbons (Fsp3) is 0.800. The number of ether oxygens (including phenoxy) is 2. The van der Waals surface area contributed by atoms with Gasteiger partial charge in [-0.2, -0.15) is 0 Å². The molecule has 0 aliphatic heterocycles. The van der Waals surface area contributed by atoms with Crippen molar-refractivity contribution in [3.63, 3.8) is 0 Å². The summed E-state index contributed by atoms with van der Waals surface area (Å²) in [5.41, 5.74) is 0. The van der Waals surface area contributed by atoms with Crippen LogP contribution in [0.5, 0.6) is 0 Å². The van der Waals surface area contributed by atoms with Gasteiger partial charge in [0.1, 0.15) is 0 Å². The maximum atomic E-state index is 11.1. The summed E-state index contributed by atoms with van der Waals surface area (Å²) in [7, 11) is 0. The minimum absolute atomic E-state index is 0.0870. The summed E-state index contributed by atoms with van der Waals surface area (Å²) in [5.74, 6) is -0.706. The third kappa shape index (κ3) is 7.05. The Kier molecular flexibility index (Phi) is 6.48. The average molecular weight is 233 g/mol. The zero-order valence-corrected chi connectivity index (χ0v) is 10.0. The van der Waals surface area contributed by atoms with Gasteiger partial charge in [0.15, 0.2) is 0 Å². The number of aliphatic hydroxyl groups is 1. The molecule has 0 heterocycles. The molecule has 2 N–H and O–H groups in total. The molecule has 0 aromatic heterocycles. The van der Waals surface area contributed by atoms with Crippen molar-refractivity contribution in [1.82, 2.24) is 5.32 Å². The number of hydrogen-bond acceptors (Lipinski definition) is 5. The van der Waals surface area contributed by atoms with Crippen molar-refractivity contribution in [3.05, 3.63) is 0 Å². The van der Waals surface area contributed by atoms with Crippen molar-refractivity contribution in [2.24, 2.45) is 5.92 Å². The largest absolute Gasteiger partial charge is 0.425 e. The van der Waals surface area contributed by atoms with Crippen molar-refractivity contribution in [2.75, 3.05) is 6.54 Å². The molecule has 6 heteroatoms. The maximum absolute atomic E-state index is 11.1. The lowest BCUT2D eigenvalue weighted by molar-refractivity contribution is -0.168. The molecule has 1 amide bonds. The number of carbonyl (C=O) groups is 2. The van der Waals surface area contributed by atoms with Gasteiger partial charge in [-0.25, -0.2) is 4.79 Å². The quantitative estimate of drug-likeness (QED) is 0.537. The second kappa shape index (κ2) is 7.05. The third-order valence-corrected chi connectivity index (χ3v) is 1.57. The Hall–Kier alpha value is -1.30. The lowest BCUT2D eigenvalue weighted by Gasteiger charge is -2.16. The first-order valence-electron chi connectivity index (χ1n) is 5.16. The van der Waals surface area contributed by atoms with E-state index < -0.39 is 24.5 Å². The third-order valence-electron chi connectivity index (χ3n) is 1.57. The van der Waals surface area contributed by atoms with Crippen molar-refractivity contribution in [2.45, 2.75) is 40.1 Å². The van der Waals surface area contributed by atoms with Crippen LogP contribution < -0.4 is 5.32 Å². The van der Waals surface area contributed by atoms with Crippen LogP contribution in [0.4, 0.5) is 4.79 Å². The number of rotatable bonds is 5. The molecule has 0 aliphatic rings. The molecule has 0 rings (SSSR count). The average Bonchev–Trinajstić information content (AvgIpc) is 2.14. The molecule has 0 aromatic carbocycles. The fourth-order valence-corrected chi connectivity index (χ4v) is 0.747. The van der Waals surface area contributed by atoms with Crippen molar-refractivity contribution in [3.8, 4) is 0 Å². The zero-order chi connectivity index (χ0) is 12.7. The molecular weight excluding hydrogens is 214 g/mol. The van der Waals surface area contributed by atoms with Gasteiger partial charge in [-0.1, -0.05) is 13.8 Å². The van der Waals surface area contributed by atoms with Crippen LogP contribution in [-0.4, -0.2) is 36.1 Å². The highest BCUT2D eigenvalue weighted by Gasteiger charge is 2.16. The van der Waals surface area contributed by atoms with E-state index in [2.05, 4.69) is 5.32 Å². The number of carbonyl (C=O) groups excluding carboxylic acids is 2. The van der Waals surface area contributed by atoms with E-state index in [-0.39, 0.29) is 12.5 Å². The summed E-state index contributed by atoms with van der Waals surface area (Å²) in [5, 5.41) is 11.2. The summed E-state index contributed by atoms with van der Waals surface area (Å²) in [6, 6.07) is 0. The van der Waals surface area contributed by atoms with Crippen LogP contribution in [0, 0.1) is 5.92 Å². The normalized spacial score (nSPS) is 14.1. The van der Waals surface area contributed by atoms with E-state index in [1.807, 2.05) is 0 Å². The molecule has 0 aromatic rings. The van der Waals surface area contributed by atoms with Crippen LogP contribution in [0.25, 0.3) is 0 Å². The van der Waals surface area contributed by atoms with Gasteiger partial charge in [0.05, 0.1) is 12.0 Å². The molecular formula is C10H19NO5. The molecule has 6 nitrogen and oxygen atoms in total. The number of amides is 1. The van der Waals surface area contributed by atoms with Gasteiger partial charge in [-0.15, -0.1) is 0 Å². The van der Waals surface area contributed by atoms with E-state index in [0.29, 0.717) is 0 Å². The molecule has 94 valence electrons. The van der Waals surface area contributed by atoms with Crippen molar-refractivity contribution in [1.29, 1.82) is 0 Å². The van der Waals surface area contributed by atoms with E-state index >= 15 is 0 Å². The van der Waals surface area contributed by atoms with Crippen LogP contribution in [0.3, 0.4) is 0 Å². The van der Waals surface area contributed by atoms with Crippen LogP contribution in [-0.2, 0) is 14.3 Å². The first-order chi connectivity index (χ1) is 7.32. The van der Waals surface area contributed by atoms with Crippen molar-refractivity contribution >= 4 is 12.1 Å². The molecule has 0 saturated heterocycles. The predicted octanol–water partition coefficient (Wildman–Crippen LogP) is 0.639. The summed E-state index contributed by atoms with van der Waals surface area (Å²) in [6.45, 7) is 6.43. The minimum Gasteiger partial charge on any atom is -0.425 e. The second-order valence-corrected chi connectivity index (χ2v) is 3.79. The standard InChI is InChI=1S/C10H19NO5/c1-6(2)9(13)15-8(4)16-10(14)11-5-7(3)12/h6-8,12H,5H2,1-4H3,(H,11,14)/t7-,8?/m1/s1. The molecule has 1 unspecified atom stereocenters. The number of nitrogens with one attached hydrogen (secondary N) is 1. The summed E-state index contributed by atoms with van der Waals surface area (Å²) in [6.07, 6.45) is -2.32. The van der Waals surface area contributed by atoms with Crippen LogP contribution >= 0.6 is 0 Å². The molecule has 2 atom stereocenters. The van der Waals surface area contributed by atoms with E-state index in [1.54, 1.807) is 13.8 Å². The molecule has 0 radical (unpaired) electrons. The number of alkyl carbamates (subject to hydrolysis) is 1. The van der Waals surface area contributed by atoms with Crippen LogP contribution in [0.15, 0.2) is 0 Å². The zero-order valence-electron chi connectivity index (χ0n) is 10.0. The summed E-state index contributed by atoms with van der Waals surface area (Å²) < 4.78 is 9.52. The summed E-state index contributed by atoms with van der Waals surface area (Å²) in [4.78, 5) is 22.2. The van der Waals surface area contributed by atoms with Gasteiger partial charge < -0.3 is 19.9 Å². The second-order valence-electron chi connectivity index (χ2n) is 3.79. The molecule has 0 spiro atoms. The van der Waals surface area contributed by atoms with Gasteiger partial charge in [0.2, 0.25) is 6.29 Å². The Morgan fingerprint density at radius 2 is 1.75 bits per heavy atom. The molecule has 0 fully saturated rings. The first-order valence-corrected chi connectivity index (χ1v) is 5.16. The number of aliphatic hydroxyl groups excluding tert-OH is 1. The highest BCUT2D eigenvalue weighted by atomic mass is 16.7. The van der Waals surface area contributed by atoms with E-state index in [1.165, 1.54) is 13.8 Å². The SMILES string of the molecule is CC(OC(=O)NC[C@@H](C)O)OC(=O)C(C)C. The Bertz CT molecular complexity index is 239. The van der Waals surface area contributed by atoms with Gasteiger partial charge in [0.25, 0.3) is 0 Å². The van der Waals surface area contributed by atoms with Crippen molar-refractivity contribution < 1.29 is 24.2 Å². The Morgan fingerprint density at radius 3 is 2.19 bits per heavy atom. The number of esters is 1.